The molecule has 1 heterocycles. The lowest BCUT2D eigenvalue weighted by Gasteiger charge is -2.17. The Kier molecular flexibility index (Phi) is 5.46. The Morgan fingerprint density at radius 3 is 2.61 bits per heavy atom. The number of likely N-dealkylation sites (N-methyl/N-ethyl adjacent to an activating group) is 1. The van der Waals surface area contributed by atoms with Crippen LogP contribution in [0.3, 0.4) is 0 Å². The van der Waals surface area contributed by atoms with E-state index in [1.807, 2.05) is 42.3 Å². The molecule has 23 heavy (non-hydrogen) atoms. The van der Waals surface area contributed by atoms with E-state index in [1.165, 1.54) is 6.20 Å². The Hall–Kier alpha value is -3.15. The van der Waals surface area contributed by atoms with E-state index in [9.17, 15) is 0 Å². The molecule has 1 aromatic carbocycles. The van der Waals surface area contributed by atoms with Gasteiger partial charge in [-0.3, -0.25) is 4.98 Å². The van der Waals surface area contributed by atoms with Crippen LogP contribution in [0.1, 0.15) is 16.8 Å². The van der Waals surface area contributed by atoms with Crippen LogP contribution in [0.25, 0.3) is 16.6 Å². The van der Waals surface area contributed by atoms with Crippen molar-refractivity contribution >= 4 is 17.5 Å². The number of aromatic nitrogens is 1. The van der Waals surface area contributed by atoms with E-state index < -0.39 is 0 Å². The molecule has 0 aliphatic rings. The van der Waals surface area contributed by atoms with Crippen LogP contribution in [0.5, 0.6) is 0 Å². The number of aliphatic hydroxyl groups excluding tert-OH is 1. The molecule has 0 saturated heterocycles. The molecule has 1 aromatic heterocycles. The maximum absolute atomic E-state index is 8.96. The van der Waals surface area contributed by atoms with Gasteiger partial charge in [0.2, 0.25) is 5.70 Å². The van der Waals surface area contributed by atoms with Crippen molar-refractivity contribution in [2.24, 2.45) is 0 Å². The van der Waals surface area contributed by atoms with Crippen LogP contribution >= 0.6 is 0 Å². The molecule has 0 saturated carbocycles. The predicted octanol–water partition coefficient (Wildman–Crippen LogP) is 2.80. The molecule has 1 N–H and O–H groups in total. The molecule has 0 radical (unpaired) electrons. The predicted molar refractivity (Wildman–Crippen MR) is 90.2 cm³/mol. The van der Waals surface area contributed by atoms with Gasteiger partial charge < -0.3 is 10.0 Å². The zero-order valence-electron chi connectivity index (χ0n) is 12.8. The normalized spacial score (nSPS) is 10.7. The molecule has 114 valence electrons. The number of benzene rings is 1. The van der Waals surface area contributed by atoms with Crippen molar-refractivity contribution in [3.8, 4) is 6.07 Å². The van der Waals surface area contributed by atoms with Crippen molar-refractivity contribution in [1.82, 2.24) is 4.98 Å². The standard InChI is InChI=1S/C18H16N4O/c1-20-18(17-8-5-15(12-19)13-21-17)11-14-3-6-16(7-4-14)22(2)9-10-23/h3-8,11,13,23H,9-10H2,2H3/b18-11-. The van der Waals surface area contributed by atoms with Crippen molar-refractivity contribution in [2.45, 2.75) is 0 Å². The van der Waals surface area contributed by atoms with Gasteiger partial charge in [-0.1, -0.05) is 12.1 Å². The van der Waals surface area contributed by atoms with Gasteiger partial charge in [-0.15, -0.1) is 0 Å². The van der Waals surface area contributed by atoms with Crippen molar-refractivity contribution in [3.05, 3.63) is 70.8 Å². The van der Waals surface area contributed by atoms with Gasteiger partial charge in [-0.2, -0.15) is 5.26 Å². The summed E-state index contributed by atoms with van der Waals surface area (Å²) in [6, 6.07) is 13.0. The minimum Gasteiger partial charge on any atom is -0.395 e. The van der Waals surface area contributed by atoms with Gasteiger partial charge in [0.15, 0.2) is 0 Å². The average Bonchev–Trinajstić information content (AvgIpc) is 2.60. The minimum atomic E-state index is 0.102. The second-order valence-electron chi connectivity index (χ2n) is 4.92. The molecular weight excluding hydrogens is 288 g/mol. The molecule has 0 bridgehead atoms. The van der Waals surface area contributed by atoms with Crippen molar-refractivity contribution in [1.29, 1.82) is 5.26 Å². The maximum Gasteiger partial charge on any atom is 0.212 e. The highest BCUT2D eigenvalue weighted by Crippen LogP contribution is 2.20. The lowest BCUT2D eigenvalue weighted by Crippen LogP contribution is -2.20. The SMILES string of the molecule is [C-]#[N+]/C(=C\c1ccc(N(C)CCO)cc1)c1ccc(C#N)cn1. The third-order valence-corrected chi connectivity index (χ3v) is 3.35. The minimum absolute atomic E-state index is 0.102. The molecule has 2 aromatic rings. The van der Waals surface area contributed by atoms with Gasteiger partial charge in [0.05, 0.1) is 24.4 Å². The second-order valence-corrected chi connectivity index (χ2v) is 4.92. The number of hydrogen-bond acceptors (Lipinski definition) is 4. The molecular formula is C18H16N4O. The lowest BCUT2D eigenvalue weighted by atomic mass is 10.1. The molecule has 0 atom stereocenters. The first-order valence-corrected chi connectivity index (χ1v) is 7.05. The van der Waals surface area contributed by atoms with Crippen molar-refractivity contribution in [2.75, 3.05) is 25.1 Å². The van der Waals surface area contributed by atoms with Crippen LogP contribution in [-0.2, 0) is 0 Å². The van der Waals surface area contributed by atoms with Crippen LogP contribution in [0, 0.1) is 17.9 Å². The van der Waals surface area contributed by atoms with Crippen LogP contribution in [0.4, 0.5) is 5.69 Å². The third-order valence-electron chi connectivity index (χ3n) is 3.35. The Labute approximate surface area is 135 Å². The van der Waals surface area contributed by atoms with Crippen LogP contribution < -0.4 is 4.90 Å². The van der Waals surface area contributed by atoms with E-state index in [2.05, 4.69) is 9.83 Å². The highest BCUT2D eigenvalue weighted by atomic mass is 16.3. The van der Waals surface area contributed by atoms with Gasteiger partial charge in [0.25, 0.3) is 0 Å². The largest absolute Gasteiger partial charge is 0.395 e. The zero-order valence-corrected chi connectivity index (χ0v) is 12.8. The van der Waals surface area contributed by atoms with Gasteiger partial charge in [0, 0.05) is 25.5 Å². The molecule has 0 aliphatic carbocycles. The summed E-state index contributed by atoms with van der Waals surface area (Å²) < 4.78 is 0. The first-order valence-electron chi connectivity index (χ1n) is 7.05. The molecule has 2 rings (SSSR count). The number of hydrogen-bond donors (Lipinski definition) is 1. The topological polar surface area (TPSA) is 64.5 Å². The first-order chi connectivity index (χ1) is 11.2. The molecule has 5 nitrogen and oxygen atoms in total. The van der Waals surface area contributed by atoms with Crippen molar-refractivity contribution < 1.29 is 5.11 Å². The van der Waals surface area contributed by atoms with Crippen LogP contribution in [-0.4, -0.2) is 30.3 Å². The van der Waals surface area contributed by atoms with Gasteiger partial charge in [-0.25, -0.2) is 4.85 Å². The Balaban J connectivity index is 2.24. The summed E-state index contributed by atoms with van der Waals surface area (Å²) in [5.74, 6) is 0. The third kappa shape index (κ3) is 4.16. The van der Waals surface area contributed by atoms with E-state index in [-0.39, 0.29) is 6.61 Å². The monoisotopic (exact) mass is 304 g/mol. The number of aliphatic hydroxyl groups is 1. The fourth-order valence-electron chi connectivity index (χ4n) is 2.04. The average molecular weight is 304 g/mol. The van der Waals surface area contributed by atoms with Crippen LogP contribution in [0.15, 0.2) is 42.6 Å². The summed E-state index contributed by atoms with van der Waals surface area (Å²) >= 11 is 0. The Morgan fingerprint density at radius 2 is 2.09 bits per heavy atom. The maximum atomic E-state index is 8.96. The molecule has 5 heteroatoms. The second kappa shape index (κ2) is 7.74. The first kappa shape index (κ1) is 16.2. The molecule has 0 fully saturated rings. The molecule has 0 aliphatic heterocycles. The number of rotatable bonds is 5. The number of anilines is 1. The summed E-state index contributed by atoms with van der Waals surface area (Å²) in [6.07, 6.45) is 3.22. The van der Waals surface area contributed by atoms with Crippen LogP contribution in [0.2, 0.25) is 0 Å². The summed E-state index contributed by atoms with van der Waals surface area (Å²) in [4.78, 5) is 9.61. The zero-order chi connectivity index (χ0) is 16.7. The summed E-state index contributed by atoms with van der Waals surface area (Å²) in [6.45, 7) is 7.99. The van der Waals surface area contributed by atoms with E-state index in [4.69, 9.17) is 16.9 Å². The summed E-state index contributed by atoms with van der Waals surface area (Å²) in [5, 5.41) is 17.7. The van der Waals surface area contributed by atoms with E-state index in [1.54, 1.807) is 18.2 Å². The molecule has 0 spiro atoms. The van der Waals surface area contributed by atoms with Gasteiger partial charge in [0.1, 0.15) is 6.07 Å². The Morgan fingerprint density at radius 1 is 1.35 bits per heavy atom. The number of nitrogens with zero attached hydrogens (tertiary/aromatic N) is 4. The molecule has 0 unspecified atom stereocenters. The van der Waals surface area contributed by atoms with Gasteiger partial charge >= 0.3 is 0 Å². The highest BCUT2D eigenvalue weighted by molar-refractivity contribution is 5.84. The summed E-state index contributed by atoms with van der Waals surface area (Å²) in [5.41, 5.74) is 3.32. The summed E-state index contributed by atoms with van der Waals surface area (Å²) in [7, 11) is 1.91. The van der Waals surface area contributed by atoms with Crippen molar-refractivity contribution in [3.63, 3.8) is 0 Å². The van der Waals surface area contributed by atoms with E-state index in [0.29, 0.717) is 23.5 Å². The fourth-order valence-corrected chi connectivity index (χ4v) is 2.04. The van der Waals surface area contributed by atoms with E-state index in [0.717, 1.165) is 11.3 Å². The number of pyridine rings is 1. The highest BCUT2D eigenvalue weighted by Gasteiger charge is 2.04. The quantitative estimate of drug-likeness (QED) is 0.863. The molecule has 0 amide bonds. The Bertz CT molecular complexity index is 765. The smallest absolute Gasteiger partial charge is 0.212 e. The van der Waals surface area contributed by atoms with E-state index >= 15 is 0 Å². The lowest BCUT2D eigenvalue weighted by molar-refractivity contribution is 0.304. The van der Waals surface area contributed by atoms with Gasteiger partial charge in [-0.05, 0) is 35.9 Å². The fraction of sp³-hybridized carbons (Fsp3) is 0.167. The number of nitriles is 1.